The molecule has 4 rings (SSSR count). The summed E-state index contributed by atoms with van der Waals surface area (Å²) in [5, 5.41) is 12.3. The fraction of sp³-hybridized carbons (Fsp3) is 0.240. The van der Waals surface area contributed by atoms with E-state index in [1.54, 1.807) is 6.26 Å². The number of furan rings is 1. The Hall–Kier alpha value is -3.52. The maximum Gasteiger partial charge on any atom is 0.230 e. The van der Waals surface area contributed by atoms with Gasteiger partial charge < -0.3 is 14.6 Å². The van der Waals surface area contributed by atoms with Gasteiger partial charge in [-0.05, 0) is 36.2 Å². The standard InChI is InChI=1S/C25H27N5O2S/c1-29(21-12-6-3-7-13-21)16-9-15-26-23(31)19-33-25-28-27-24(22-14-8-17-32-22)30(25)18-20-10-4-2-5-11-20/h2-8,10-14,17H,9,15-16,18-19H2,1H3,(H,26,31). The maximum absolute atomic E-state index is 12.4. The summed E-state index contributed by atoms with van der Waals surface area (Å²) in [6.45, 7) is 2.10. The lowest BCUT2D eigenvalue weighted by Gasteiger charge is -2.19. The number of nitrogens with zero attached hydrogens (tertiary/aromatic N) is 4. The number of thioether (sulfide) groups is 1. The highest BCUT2D eigenvalue weighted by atomic mass is 32.2. The summed E-state index contributed by atoms with van der Waals surface area (Å²) in [5.41, 5.74) is 2.29. The minimum Gasteiger partial charge on any atom is -0.461 e. The van der Waals surface area contributed by atoms with Crippen LogP contribution >= 0.6 is 11.8 Å². The SMILES string of the molecule is CN(CCCNC(=O)CSc1nnc(-c2ccco2)n1Cc1ccccc1)c1ccccc1. The van der Waals surface area contributed by atoms with Crippen LogP contribution in [0.1, 0.15) is 12.0 Å². The highest BCUT2D eigenvalue weighted by molar-refractivity contribution is 7.99. The summed E-state index contributed by atoms with van der Waals surface area (Å²) in [5.74, 6) is 1.56. The van der Waals surface area contributed by atoms with Crippen LogP contribution in [0.15, 0.2) is 88.6 Å². The molecule has 4 aromatic rings. The molecule has 0 saturated heterocycles. The van der Waals surface area contributed by atoms with E-state index in [2.05, 4.69) is 51.7 Å². The lowest BCUT2D eigenvalue weighted by atomic mass is 10.2. The fourth-order valence-corrected chi connectivity index (χ4v) is 4.20. The Morgan fingerprint density at radius 2 is 1.79 bits per heavy atom. The molecule has 0 aliphatic rings. The molecule has 170 valence electrons. The molecule has 2 aromatic carbocycles. The third kappa shape index (κ3) is 6.26. The van der Waals surface area contributed by atoms with Gasteiger partial charge in [0.1, 0.15) is 0 Å². The predicted molar refractivity (Wildman–Crippen MR) is 131 cm³/mol. The molecule has 0 bridgehead atoms. The molecule has 0 saturated carbocycles. The number of nitrogens with one attached hydrogen (secondary N) is 1. The van der Waals surface area contributed by atoms with Crippen molar-refractivity contribution in [1.29, 1.82) is 0 Å². The van der Waals surface area contributed by atoms with Crippen molar-refractivity contribution in [2.24, 2.45) is 0 Å². The van der Waals surface area contributed by atoms with Gasteiger partial charge in [0, 0.05) is 25.8 Å². The Bertz CT molecular complexity index is 1130. The number of carbonyl (C=O) groups is 1. The summed E-state index contributed by atoms with van der Waals surface area (Å²) >= 11 is 1.38. The van der Waals surface area contributed by atoms with E-state index in [0.717, 1.165) is 18.5 Å². The topological polar surface area (TPSA) is 76.2 Å². The van der Waals surface area contributed by atoms with E-state index in [0.29, 0.717) is 29.8 Å². The van der Waals surface area contributed by atoms with Crippen molar-refractivity contribution in [3.63, 3.8) is 0 Å². The smallest absolute Gasteiger partial charge is 0.230 e. The summed E-state index contributed by atoms with van der Waals surface area (Å²) in [4.78, 5) is 14.6. The third-order valence-electron chi connectivity index (χ3n) is 5.16. The second-order valence-electron chi connectivity index (χ2n) is 7.60. The van der Waals surface area contributed by atoms with Crippen LogP contribution in [0.2, 0.25) is 0 Å². The van der Waals surface area contributed by atoms with Gasteiger partial charge in [0.05, 0.1) is 18.6 Å². The number of para-hydroxylation sites is 1. The third-order valence-corrected chi connectivity index (χ3v) is 6.13. The zero-order valence-electron chi connectivity index (χ0n) is 18.6. The van der Waals surface area contributed by atoms with Crippen LogP contribution in [-0.2, 0) is 11.3 Å². The molecule has 0 aliphatic heterocycles. The highest BCUT2D eigenvalue weighted by Gasteiger charge is 2.17. The van der Waals surface area contributed by atoms with Crippen LogP contribution in [0.4, 0.5) is 5.69 Å². The van der Waals surface area contributed by atoms with E-state index in [-0.39, 0.29) is 11.7 Å². The first kappa shape index (κ1) is 22.7. The van der Waals surface area contributed by atoms with Crippen LogP contribution in [0, 0.1) is 0 Å². The van der Waals surface area contributed by atoms with Crippen molar-refractivity contribution in [3.05, 3.63) is 84.6 Å². The number of rotatable bonds is 11. The molecular formula is C25H27N5O2S. The molecule has 0 spiro atoms. The van der Waals surface area contributed by atoms with Crippen molar-refractivity contribution < 1.29 is 9.21 Å². The van der Waals surface area contributed by atoms with E-state index in [1.807, 2.05) is 53.1 Å². The van der Waals surface area contributed by atoms with Gasteiger partial charge in [-0.1, -0.05) is 60.3 Å². The van der Waals surface area contributed by atoms with Crippen molar-refractivity contribution in [1.82, 2.24) is 20.1 Å². The molecule has 2 heterocycles. The molecule has 33 heavy (non-hydrogen) atoms. The minimum absolute atomic E-state index is 0.0174. The normalized spacial score (nSPS) is 10.8. The highest BCUT2D eigenvalue weighted by Crippen LogP contribution is 2.25. The molecule has 2 aromatic heterocycles. The molecule has 1 amide bonds. The number of anilines is 1. The molecule has 8 heteroatoms. The van der Waals surface area contributed by atoms with E-state index in [9.17, 15) is 4.79 Å². The molecular weight excluding hydrogens is 434 g/mol. The lowest BCUT2D eigenvalue weighted by molar-refractivity contribution is -0.118. The van der Waals surface area contributed by atoms with Crippen LogP contribution in [0.5, 0.6) is 0 Å². The van der Waals surface area contributed by atoms with Gasteiger partial charge in [-0.15, -0.1) is 10.2 Å². The number of benzene rings is 2. The minimum atomic E-state index is -0.0174. The lowest BCUT2D eigenvalue weighted by Crippen LogP contribution is -2.29. The van der Waals surface area contributed by atoms with Crippen molar-refractivity contribution in [3.8, 4) is 11.6 Å². The van der Waals surface area contributed by atoms with Gasteiger partial charge >= 0.3 is 0 Å². The van der Waals surface area contributed by atoms with Crippen molar-refractivity contribution >= 4 is 23.4 Å². The Balaban J connectivity index is 1.30. The van der Waals surface area contributed by atoms with Crippen LogP contribution in [0.25, 0.3) is 11.6 Å². The average molecular weight is 462 g/mol. The number of amides is 1. The second-order valence-corrected chi connectivity index (χ2v) is 8.55. The summed E-state index contributed by atoms with van der Waals surface area (Å²) < 4.78 is 7.52. The van der Waals surface area contributed by atoms with Gasteiger partial charge in [-0.2, -0.15) is 0 Å². The van der Waals surface area contributed by atoms with Crippen molar-refractivity contribution in [2.75, 3.05) is 30.8 Å². The van der Waals surface area contributed by atoms with E-state index in [4.69, 9.17) is 4.42 Å². The molecule has 0 fully saturated rings. The van der Waals surface area contributed by atoms with Gasteiger partial charge in [-0.3, -0.25) is 9.36 Å². The van der Waals surface area contributed by atoms with E-state index >= 15 is 0 Å². The number of aromatic nitrogens is 3. The molecule has 0 aliphatic carbocycles. The summed E-state index contributed by atoms with van der Waals surface area (Å²) in [7, 11) is 2.06. The largest absolute Gasteiger partial charge is 0.461 e. The maximum atomic E-state index is 12.4. The molecule has 0 radical (unpaired) electrons. The fourth-order valence-electron chi connectivity index (χ4n) is 3.43. The Labute approximate surface area is 197 Å². The van der Waals surface area contributed by atoms with Crippen LogP contribution in [0.3, 0.4) is 0 Å². The quantitative estimate of drug-likeness (QED) is 0.265. The summed E-state index contributed by atoms with van der Waals surface area (Å²) in [6.07, 6.45) is 2.49. The van der Waals surface area contributed by atoms with Gasteiger partial charge in [0.2, 0.25) is 11.7 Å². The molecule has 0 atom stereocenters. The Kier molecular flexibility index (Phi) is 7.81. The second kappa shape index (κ2) is 11.4. The first-order valence-corrected chi connectivity index (χ1v) is 11.9. The van der Waals surface area contributed by atoms with E-state index in [1.165, 1.54) is 17.4 Å². The zero-order valence-corrected chi connectivity index (χ0v) is 19.4. The molecule has 0 unspecified atom stereocenters. The molecule has 7 nitrogen and oxygen atoms in total. The predicted octanol–water partition coefficient (Wildman–Crippen LogP) is 4.32. The van der Waals surface area contributed by atoms with Crippen molar-refractivity contribution in [2.45, 2.75) is 18.1 Å². The number of hydrogen-bond acceptors (Lipinski definition) is 6. The van der Waals surface area contributed by atoms with Crippen LogP contribution in [-0.4, -0.2) is 46.6 Å². The zero-order chi connectivity index (χ0) is 22.9. The van der Waals surface area contributed by atoms with Gasteiger partial charge in [0.15, 0.2) is 10.9 Å². The monoisotopic (exact) mass is 461 g/mol. The number of hydrogen-bond donors (Lipinski definition) is 1. The van der Waals surface area contributed by atoms with Gasteiger partial charge in [-0.25, -0.2) is 0 Å². The molecule has 1 N–H and O–H groups in total. The summed E-state index contributed by atoms with van der Waals surface area (Å²) in [6, 6.07) is 24.0. The number of carbonyl (C=O) groups excluding carboxylic acids is 1. The first-order valence-electron chi connectivity index (χ1n) is 10.9. The Morgan fingerprint density at radius 1 is 1.03 bits per heavy atom. The average Bonchev–Trinajstić information content (AvgIpc) is 3.52. The first-order chi connectivity index (χ1) is 16.2. The van der Waals surface area contributed by atoms with E-state index < -0.39 is 0 Å². The van der Waals surface area contributed by atoms with Gasteiger partial charge in [0.25, 0.3) is 0 Å². The van der Waals surface area contributed by atoms with Crippen LogP contribution < -0.4 is 10.2 Å². The Morgan fingerprint density at radius 3 is 2.52 bits per heavy atom.